The van der Waals surface area contributed by atoms with Gasteiger partial charge < -0.3 is 23.5 Å². The van der Waals surface area contributed by atoms with Crippen LogP contribution in [0.3, 0.4) is 0 Å². The minimum absolute atomic E-state index is 0.247. The maximum atomic E-state index is 14.0. The molecule has 6 atom stereocenters. The average molecular weight is 546 g/mol. The molecule has 206 valence electrons. The molecule has 0 aliphatic carbocycles. The average Bonchev–Trinajstić information content (AvgIpc) is 3.35. The van der Waals surface area contributed by atoms with Crippen molar-refractivity contribution in [1.82, 2.24) is 5.09 Å². The molecular formula is C28H36NO8P. The third-order valence-corrected chi connectivity index (χ3v) is 7.84. The Morgan fingerprint density at radius 3 is 2.29 bits per heavy atom. The normalized spacial score (nSPS) is 28.3. The van der Waals surface area contributed by atoms with Crippen LogP contribution in [0.15, 0.2) is 73.3 Å². The van der Waals surface area contributed by atoms with E-state index in [1.54, 1.807) is 50.3 Å². The van der Waals surface area contributed by atoms with Gasteiger partial charge in [0.2, 0.25) is 0 Å². The first-order chi connectivity index (χ1) is 18.0. The minimum atomic E-state index is -4.14. The summed E-state index contributed by atoms with van der Waals surface area (Å²) >= 11 is 0. The zero-order valence-electron chi connectivity index (χ0n) is 22.4. The summed E-state index contributed by atoms with van der Waals surface area (Å²) in [5.74, 6) is -1.17. The van der Waals surface area contributed by atoms with Gasteiger partial charge in [0.1, 0.15) is 35.7 Å². The molecule has 2 aliphatic heterocycles. The van der Waals surface area contributed by atoms with Gasteiger partial charge >= 0.3 is 13.7 Å². The molecule has 0 saturated carbocycles. The highest BCUT2D eigenvalue weighted by molar-refractivity contribution is 7.52. The molecule has 1 N–H and O–H groups in total. The summed E-state index contributed by atoms with van der Waals surface area (Å²) in [7, 11) is -4.14. The van der Waals surface area contributed by atoms with Crippen molar-refractivity contribution in [2.45, 2.75) is 76.5 Å². The molecule has 2 saturated heterocycles. The Balaban J connectivity index is 1.61. The third-order valence-electron chi connectivity index (χ3n) is 6.22. The lowest BCUT2D eigenvalue weighted by atomic mass is 9.94. The second-order valence-corrected chi connectivity index (χ2v) is 11.8. The predicted octanol–water partition coefficient (Wildman–Crippen LogP) is 5.34. The fourth-order valence-electron chi connectivity index (χ4n) is 4.52. The maximum Gasteiger partial charge on any atom is 0.459 e. The zero-order valence-corrected chi connectivity index (χ0v) is 23.3. The Morgan fingerprint density at radius 1 is 1.05 bits per heavy atom. The molecular weight excluding hydrogens is 509 g/mol. The number of ether oxygens (including phenoxy) is 4. The van der Waals surface area contributed by atoms with E-state index in [9.17, 15) is 9.36 Å². The highest BCUT2D eigenvalue weighted by Gasteiger charge is 2.62. The predicted molar refractivity (Wildman–Crippen MR) is 141 cm³/mol. The van der Waals surface area contributed by atoms with Crippen LogP contribution < -0.4 is 9.61 Å². The molecule has 0 bridgehead atoms. The van der Waals surface area contributed by atoms with E-state index in [0.29, 0.717) is 5.75 Å². The monoisotopic (exact) mass is 545 g/mol. The maximum absolute atomic E-state index is 14.0. The van der Waals surface area contributed by atoms with E-state index in [-0.39, 0.29) is 12.7 Å². The molecule has 2 aromatic carbocycles. The van der Waals surface area contributed by atoms with Crippen molar-refractivity contribution in [3.63, 3.8) is 0 Å². The molecule has 0 spiro atoms. The van der Waals surface area contributed by atoms with Crippen molar-refractivity contribution >= 4 is 13.7 Å². The minimum Gasteiger partial charge on any atom is -0.462 e. The highest BCUT2D eigenvalue weighted by atomic mass is 31.2. The van der Waals surface area contributed by atoms with Crippen LogP contribution in [0.25, 0.3) is 0 Å². The van der Waals surface area contributed by atoms with Crippen molar-refractivity contribution in [1.29, 1.82) is 0 Å². The number of carbonyl (C=O) groups excluding carboxylic acids is 1. The van der Waals surface area contributed by atoms with Crippen LogP contribution in [0.4, 0.5) is 0 Å². The van der Waals surface area contributed by atoms with Gasteiger partial charge in [0.15, 0.2) is 5.79 Å². The molecule has 2 aliphatic rings. The first-order valence-corrected chi connectivity index (χ1v) is 14.2. The molecule has 0 amide bonds. The van der Waals surface area contributed by atoms with Gasteiger partial charge in [0, 0.05) is 0 Å². The van der Waals surface area contributed by atoms with Crippen molar-refractivity contribution in [3.05, 3.63) is 78.9 Å². The second-order valence-electron chi connectivity index (χ2n) is 10.1. The number of hydrogen-bond donors (Lipinski definition) is 1. The van der Waals surface area contributed by atoms with Crippen LogP contribution in [-0.2, 0) is 32.8 Å². The van der Waals surface area contributed by atoms with Crippen LogP contribution in [-0.4, -0.2) is 48.3 Å². The summed E-state index contributed by atoms with van der Waals surface area (Å²) in [5.41, 5.74) is -0.322. The highest BCUT2D eigenvalue weighted by Crippen LogP contribution is 2.53. The standard InChI is InChI=1S/C28H36NO8P/c1-7-28(25-24(34-27(5,6)36-25)23(35-28)21-14-10-8-11-15-21)18-32-38(31,37-22-16-12-9-13-17-22)29-20(4)26(30)33-19(2)3/h7-17,19-20,23-25H,1,18H2,2-6H3,(H,29,31)/t20-,23-,24-,25-,28-,38-/m0/s1. The number of hydrogen-bond acceptors (Lipinski definition) is 8. The largest absolute Gasteiger partial charge is 0.462 e. The first-order valence-electron chi connectivity index (χ1n) is 12.7. The van der Waals surface area contributed by atoms with Crippen LogP contribution in [0.1, 0.15) is 46.3 Å². The van der Waals surface area contributed by atoms with Gasteiger partial charge in [-0.15, -0.1) is 6.58 Å². The quantitative estimate of drug-likeness (QED) is 0.228. The smallest absolute Gasteiger partial charge is 0.459 e. The fraction of sp³-hybridized carbons (Fsp3) is 0.464. The molecule has 38 heavy (non-hydrogen) atoms. The zero-order chi connectivity index (χ0) is 27.6. The number of benzene rings is 2. The van der Waals surface area contributed by atoms with E-state index in [0.717, 1.165) is 5.56 Å². The molecule has 0 radical (unpaired) electrons. The number of nitrogens with one attached hydrogen (secondary N) is 1. The van der Waals surface area contributed by atoms with Gasteiger partial charge in [-0.2, -0.15) is 5.09 Å². The third kappa shape index (κ3) is 6.37. The molecule has 4 rings (SSSR count). The van der Waals surface area contributed by atoms with Crippen molar-refractivity contribution in [3.8, 4) is 5.75 Å². The Morgan fingerprint density at radius 2 is 1.68 bits per heavy atom. The summed E-state index contributed by atoms with van der Waals surface area (Å²) in [5, 5.41) is 2.71. The van der Waals surface area contributed by atoms with Crippen LogP contribution in [0.5, 0.6) is 5.75 Å². The van der Waals surface area contributed by atoms with E-state index in [4.69, 9.17) is 28.0 Å². The summed E-state index contributed by atoms with van der Waals surface area (Å²) in [6.45, 7) is 12.4. The van der Waals surface area contributed by atoms with Gasteiger partial charge in [-0.3, -0.25) is 9.32 Å². The Kier molecular flexibility index (Phi) is 8.47. The van der Waals surface area contributed by atoms with Gasteiger partial charge in [0.05, 0.1) is 12.7 Å². The number of fused-ring (bicyclic) bond motifs is 1. The molecule has 2 aromatic rings. The molecule has 0 aromatic heterocycles. The van der Waals surface area contributed by atoms with Gasteiger partial charge in [-0.25, -0.2) is 4.57 Å². The molecule has 0 unspecified atom stereocenters. The topological polar surface area (TPSA) is 102 Å². The second kappa shape index (κ2) is 11.3. The van der Waals surface area contributed by atoms with Gasteiger partial charge in [-0.05, 0) is 52.3 Å². The summed E-state index contributed by atoms with van der Waals surface area (Å²) in [6.07, 6.45) is -0.300. The summed E-state index contributed by atoms with van der Waals surface area (Å²) in [6, 6.07) is 17.2. The van der Waals surface area contributed by atoms with Crippen LogP contribution >= 0.6 is 7.75 Å². The van der Waals surface area contributed by atoms with Crippen molar-refractivity contribution < 1.29 is 37.4 Å². The first kappa shape index (κ1) is 28.5. The van der Waals surface area contributed by atoms with Crippen LogP contribution in [0, 0.1) is 0 Å². The number of para-hydroxylation sites is 1. The lowest BCUT2D eigenvalue weighted by Crippen LogP contribution is -2.46. The number of carbonyl (C=O) groups is 1. The lowest BCUT2D eigenvalue weighted by molar-refractivity contribution is -0.205. The van der Waals surface area contributed by atoms with E-state index in [1.807, 2.05) is 44.2 Å². The number of esters is 1. The van der Waals surface area contributed by atoms with Crippen molar-refractivity contribution in [2.24, 2.45) is 0 Å². The van der Waals surface area contributed by atoms with E-state index in [1.165, 1.54) is 6.92 Å². The van der Waals surface area contributed by atoms with E-state index < -0.39 is 49.5 Å². The fourth-order valence-corrected chi connectivity index (χ4v) is 6.05. The molecule has 2 fully saturated rings. The Labute approximate surface area is 224 Å². The van der Waals surface area contributed by atoms with Gasteiger partial charge in [-0.1, -0.05) is 54.6 Å². The number of rotatable bonds is 11. The molecule has 10 heteroatoms. The van der Waals surface area contributed by atoms with Crippen LogP contribution in [0.2, 0.25) is 0 Å². The summed E-state index contributed by atoms with van der Waals surface area (Å²) in [4.78, 5) is 12.5. The Hall–Kier alpha value is -2.52. The van der Waals surface area contributed by atoms with E-state index in [2.05, 4.69) is 11.7 Å². The van der Waals surface area contributed by atoms with Gasteiger partial charge in [0.25, 0.3) is 0 Å². The lowest BCUT2D eigenvalue weighted by Gasteiger charge is -2.33. The van der Waals surface area contributed by atoms with Crippen molar-refractivity contribution in [2.75, 3.05) is 6.61 Å². The van der Waals surface area contributed by atoms with E-state index >= 15 is 0 Å². The molecule has 2 heterocycles. The SMILES string of the molecule is C=C[C@@]1(CO[P@@](=O)(N[C@@H](C)C(=O)OC(C)C)Oc2ccccc2)O[C@@H](c2ccccc2)[C@@H]2OC(C)(C)O[C@@H]21. The molecule has 9 nitrogen and oxygen atoms in total. The Bertz CT molecular complexity index is 1160. The summed E-state index contributed by atoms with van der Waals surface area (Å²) < 4.78 is 50.1.